The van der Waals surface area contributed by atoms with E-state index < -0.39 is 17.9 Å². The van der Waals surface area contributed by atoms with E-state index in [2.05, 4.69) is 10.6 Å². The Bertz CT molecular complexity index is 227. The van der Waals surface area contributed by atoms with Gasteiger partial charge < -0.3 is 16.8 Å². The summed E-state index contributed by atoms with van der Waals surface area (Å²) < 4.78 is 0. The summed E-state index contributed by atoms with van der Waals surface area (Å²) in [6, 6.07) is -1.00. The van der Waals surface area contributed by atoms with Gasteiger partial charge in [0.25, 0.3) is 0 Å². The maximum absolute atomic E-state index is 11.0. The Labute approximate surface area is 75.4 Å². The van der Waals surface area contributed by atoms with Crippen molar-refractivity contribution < 1.29 is 9.59 Å². The highest BCUT2D eigenvalue weighted by atomic mass is 16.2. The zero-order chi connectivity index (χ0) is 10.4. The Morgan fingerprint density at radius 2 is 2.00 bits per heavy atom. The number of amides is 2. The lowest BCUT2D eigenvalue weighted by Crippen LogP contribution is -2.52. The van der Waals surface area contributed by atoms with E-state index >= 15 is 0 Å². The second-order valence-corrected chi connectivity index (χ2v) is 2.35. The fraction of sp³-hybridized carbons (Fsp3) is 0.500. The smallest absolute Gasteiger partial charge is 0.244 e. The molecule has 7 nitrogen and oxygen atoms in total. The molecule has 0 bridgehead atoms. The van der Waals surface area contributed by atoms with Gasteiger partial charge in [-0.1, -0.05) is 0 Å². The molecule has 1 unspecified atom stereocenters. The summed E-state index contributed by atoms with van der Waals surface area (Å²) in [7, 11) is 1.41. The van der Waals surface area contributed by atoms with Gasteiger partial charge in [0.2, 0.25) is 11.8 Å². The molecule has 7 N–H and O–H groups in total. The van der Waals surface area contributed by atoms with Crippen molar-refractivity contribution in [2.24, 2.45) is 11.5 Å². The van der Waals surface area contributed by atoms with E-state index in [0.29, 0.717) is 0 Å². The van der Waals surface area contributed by atoms with E-state index in [1.165, 1.54) is 7.05 Å². The number of nitrogens with one attached hydrogen (secondary N) is 3. The third-order valence-electron chi connectivity index (χ3n) is 1.30. The van der Waals surface area contributed by atoms with E-state index in [-0.39, 0.29) is 12.4 Å². The number of likely N-dealkylation sites (N-methyl/N-ethyl adjacent to an activating group) is 1. The van der Waals surface area contributed by atoms with Crippen LogP contribution in [0.3, 0.4) is 0 Å². The van der Waals surface area contributed by atoms with Crippen molar-refractivity contribution in [3.8, 4) is 0 Å². The number of nitrogens with two attached hydrogens (primary N) is 2. The molecule has 0 heterocycles. The number of hydrogen-bond donors (Lipinski definition) is 5. The monoisotopic (exact) mass is 187 g/mol. The molecular formula is C6H13N5O2. The number of carbonyl (C=O) groups excluding carboxylic acids is 2. The number of amidine groups is 1. The van der Waals surface area contributed by atoms with E-state index in [9.17, 15) is 9.59 Å². The predicted molar refractivity (Wildman–Crippen MR) is 47.0 cm³/mol. The minimum absolute atomic E-state index is 0.197. The minimum Gasteiger partial charge on any atom is -0.386 e. The van der Waals surface area contributed by atoms with Crippen molar-refractivity contribution in [3.05, 3.63) is 0 Å². The summed E-state index contributed by atoms with van der Waals surface area (Å²) in [6.45, 7) is -0.197. The first-order chi connectivity index (χ1) is 5.99. The molecule has 7 heteroatoms. The Morgan fingerprint density at radius 3 is 2.31 bits per heavy atom. The van der Waals surface area contributed by atoms with Gasteiger partial charge in [-0.05, 0) is 0 Å². The van der Waals surface area contributed by atoms with Crippen LogP contribution in [0.2, 0.25) is 0 Å². The quantitative estimate of drug-likeness (QED) is 0.233. The van der Waals surface area contributed by atoms with Gasteiger partial charge in [0.15, 0.2) is 0 Å². The predicted octanol–water partition coefficient (Wildman–Crippen LogP) is -2.89. The molecule has 0 fully saturated rings. The van der Waals surface area contributed by atoms with E-state index in [0.717, 1.165) is 0 Å². The van der Waals surface area contributed by atoms with E-state index in [1.807, 2.05) is 0 Å². The van der Waals surface area contributed by atoms with E-state index in [1.54, 1.807) is 0 Å². The first-order valence-corrected chi connectivity index (χ1v) is 3.56. The molecule has 0 aliphatic carbocycles. The summed E-state index contributed by atoms with van der Waals surface area (Å²) in [5, 5.41) is 11.8. The molecular weight excluding hydrogens is 174 g/mol. The fourth-order valence-corrected chi connectivity index (χ4v) is 0.691. The van der Waals surface area contributed by atoms with Crippen LogP contribution >= 0.6 is 0 Å². The third kappa shape index (κ3) is 4.06. The number of primary amides is 1. The standard InChI is InChI=1S/C6H13N5O2/c1-10-6(13)4(5(8)9)11-2-3(7)12/h4,11H,2H2,1H3,(H2,7,12)(H3,8,9)(H,10,13). The SMILES string of the molecule is CNC(=O)C(NCC(N)=O)C(=N)N. The Balaban J connectivity index is 4.18. The molecule has 0 aromatic carbocycles. The highest BCUT2D eigenvalue weighted by Gasteiger charge is 2.19. The van der Waals surface area contributed by atoms with Gasteiger partial charge in [-0.3, -0.25) is 20.3 Å². The van der Waals surface area contributed by atoms with Crippen LogP contribution in [0, 0.1) is 5.41 Å². The van der Waals surface area contributed by atoms with Crippen LogP contribution in [0.5, 0.6) is 0 Å². The largest absolute Gasteiger partial charge is 0.386 e. The molecule has 0 saturated carbocycles. The Hall–Kier alpha value is -1.63. The van der Waals surface area contributed by atoms with Gasteiger partial charge in [0, 0.05) is 7.05 Å². The number of rotatable bonds is 5. The lowest BCUT2D eigenvalue weighted by molar-refractivity contribution is -0.121. The molecule has 0 rings (SSSR count). The van der Waals surface area contributed by atoms with Crippen molar-refractivity contribution in [2.75, 3.05) is 13.6 Å². The van der Waals surface area contributed by atoms with Crippen molar-refractivity contribution in [1.82, 2.24) is 10.6 Å². The van der Waals surface area contributed by atoms with Gasteiger partial charge in [0.05, 0.1) is 6.54 Å². The summed E-state index contributed by atoms with van der Waals surface area (Å²) >= 11 is 0. The van der Waals surface area contributed by atoms with Crippen LogP contribution < -0.4 is 22.1 Å². The average molecular weight is 187 g/mol. The lowest BCUT2D eigenvalue weighted by Gasteiger charge is -2.13. The molecule has 13 heavy (non-hydrogen) atoms. The van der Waals surface area contributed by atoms with Gasteiger partial charge in [-0.15, -0.1) is 0 Å². The van der Waals surface area contributed by atoms with E-state index in [4.69, 9.17) is 16.9 Å². The average Bonchev–Trinajstić information content (AvgIpc) is 2.03. The number of carbonyl (C=O) groups is 2. The van der Waals surface area contributed by atoms with Crippen LogP contribution in [0.25, 0.3) is 0 Å². The topological polar surface area (TPSA) is 134 Å². The lowest BCUT2D eigenvalue weighted by atomic mass is 10.2. The zero-order valence-corrected chi connectivity index (χ0v) is 7.26. The zero-order valence-electron chi connectivity index (χ0n) is 7.26. The molecule has 0 aliphatic heterocycles. The summed E-state index contributed by atoms with van der Waals surface area (Å²) in [6.07, 6.45) is 0. The number of hydrogen-bond acceptors (Lipinski definition) is 4. The molecule has 0 aliphatic rings. The fourth-order valence-electron chi connectivity index (χ4n) is 0.691. The van der Waals surface area contributed by atoms with Crippen LogP contribution in [0.1, 0.15) is 0 Å². The van der Waals surface area contributed by atoms with Gasteiger partial charge in [-0.25, -0.2) is 0 Å². The maximum Gasteiger partial charge on any atom is 0.244 e. The van der Waals surface area contributed by atoms with Crippen LogP contribution in [-0.2, 0) is 9.59 Å². The third-order valence-corrected chi connectivity index (χ3v) is 1.30. The van der Waals surface area contributed by atoms with Crippen molar-refractivity contribution >= 4 is 17.6 Å². The van der Waals surface area contributed by atoms with Gasteiger partial charge >= 0.3 is 0 Å². The van der Waals surface area contributed by atoms with Gasteiger partial charge in [0.1, 0.15) is 11.9 Å². The molecule has 0 radical (unpaired) electrons. The maximum atomic E-state index is 11.0. The molecule has 0 saturated heterocycles. The highest BCUT2D eigenvalue weighted by molar-refractivity contribution is 6.05. The Morgan fingerprint density at radius 1 is 1.46 bits per heavy atom. The molecule has 0 aromatic rings. The molecule has 1 atom stereocenters. The summed E-state index contributed by atoms with van der Waals surface area (Å²) in [5.74, 6) is -1.45. The van der Waals surface area contributed by atoms with Crippen LogP contribution in [-0.4, -0.2) is 37.3 Å². The second kappa shape index (κ2) is 5.09. The van der Waals surface area contributed by atoms with Crippen molar-refractivity contribution in [3.63, 3.8) is 0 Å². The molecule has 2 amide bonds. The normalized spacial score (nSPS) is 11.8. The van der Waals surface area contributed by atoms with Crippen LogP contribution in [0.4, 0.5) is 0 Å². The summed E-state index contributed by atoms with van der Waals surface area (Å²) in [4.78, 5) is 21.4. The first kappa shape index (κ1) is 11.4. The minimum atomic E-state index is -1.00. The summed E-state index contributed by atoms with van der Waals surface area (Å²) in [5.41, 5.74) is 9.95. The molecule has 0 spiro atoms. The van der Waals surface area contributed by atoms with Crippen molar-refractivity contribution in [2.45, 2.75) is 6.04 Å². The molecule has 74 valence electrons. The highest BCUT2D eigenvalue weighted by Crippen LogP contribution is 1.81. The Kier molecular flexibility index (Phi) is 4.45. The van der Waals surface area contributed by atoms with Gasteiger partial charge in [-0.2, -0.15) is 0 Å². The second-order valence-electron chi connectivity index (χ2n) is 2.35. The molecule has 0 aromatic heterocycles. The van der Waals surface area contributed by atoms with Crippen molar-refractivity contribution in [1.29, 1.82) is 5.41 Å². The van der Waals surface area contributed by atoms with Crippen LogP contribution in [0.15, 0.2) is 0 Å². The first-order valence-electron chi connectivity index (χ1n) is 3.56.